The second-order valence-corrected chi connectivity index (χ2v) is 12.1. The maximum atomic E-state index is 10.2. The molecule has 0 heterocycles. The Balaban J connectivity index is 0.000000860. The number of fused-ring (bicyclic) bond motifs is 5. The van der Waals surface area contributed by atoms with E-state index in [0.717, 1.165) is 48.3 Å². The normalized spacial score (nSPS) is 41.1. The average Bonchev–Trinajstić information content (AvgIpc) is 3.13. The highest BCUT2D eigenvalue weighted by Crippen LogP contribution is 2.66. The first-order chi connectivity index (χ1) is 15.3. The second-order valence-electron chi connectivity index (χ2n) is 12.1. The highest BCUT2D eigenvalue weighted by atomic mass is 16.3. The van der Waals surface area contributed by atoms with Gasteiger partial charge in [0.15, 0.2) is 0 Å². The Morgan fingerprint density at radius 1 is 0.938 bits per heavy atom. The smallest absolute Gasteiger partial charge is 0.0577 e. The van der Waals surface area contributed by atoms with Crippen molar-refractivity contribution in [1.29, 1.82) is 0 Å². The lowest BCUT2D eigenvalue weighted by Gasteiger charge is -2.58. The van der Waals surface area contributed by atoms with Gasteiger partial charge in [-0.05, 0) is 104 Å². The number of hydrogen-bond donors (Lipinski definition) is 1. The Morgan fingerprint density at radius 3 is 2.28 bits per heavy atom. The molecule has 8 atom stereocenters. The summed E-state index contributed by atoms with van der Waals surface area (Å²) in [6.45, 7) is 20.5. The van der Waals surface area contributed by atoms with Gasteiger partial charge < -0.3 is 5.11 Å². The maximum Gasteiger partial charge on any atom is 0.0577 e. The van der Waals surface area contributed by atoms with E-state index in [2.05, 4.69) is 40.7 Å². The summed E-state index contributed by atoms with van der Waals surface area (Å²) >= 11 is 0. The molecule has 4 rings (SSSR count). The number of aliphatic hydroxyl groups excluding tert-OH is 1. The van der Waals surface area contributed by atoms with Crippen LogP contribution in [0.1, 0.15) is 133 Å². The van der Waals surface area contributed by atoms with Crippen molar-refractivity contribution in [2.45, 2.75) is 139 Å². The summed E-state index contributed by atoms with van der Waals surface area (Å²) in [5.74, 6) is 5.45. The zero-order chi connectivity index (χ0) is 24.1. The van der Waals surface area contributed by atoms with Gasteiger partial charge >= 0.3 is 0 Å². The molecule has 0 spiro atoms. The summed E-state index contributed by atoms with van der Waals surface area (Å²) in [6, 6.07) is 0. The van der Waals surface area contributed by atoms with Crippen LogP contribution in [-0.2, 0) is 0 Å². The topological polar surface area (TPSA) is 20.2 Å². The minimum absolute atomic E-state index is 0.0752. The zero-order valence-corrected chi connectivity index (χ0v) is 23.3. The van der Waals surface area contributed by atoms with Crippen molar-refractivity contribution in [1.82, 2.24) is 0 Å². The SMILES string of the molecule is CC.CC.CC(C)C(C)CCCC1CCC2C3CC=C4CC(O)CCC4(C)C3CCC12C. The lowest BCUT2D eigenvalue weighted by Crippen LogP contribution is -2.50. The van der Waals surface area contributed by atoms with E-state index < -0.39 is 0 Å². The molecule has 0 radical (unpaired) electrons. The lowest BCUT2D eigenvalue weighted by molar-refractivity contribution is -0.0509. The fraction of sp³-hybridized carbons (Fsp3) is 0.935. The molecule has 188 valence electrons. The fourth-order valence-electron chi connectivity index (χ4n) is 8.24. The van der Waals surface area contributed by atoms with Crippen LogP contribution < -0.4 is 0 Å². The van der Waals surface area contributed by atoms with Crippen molar-refractivity contribution in [3.8, 4) is 0 Å². The second kappa shape index (κ2) is 11.9. The Morgan fingerprint density at radius 2 is 1.62 bits per heavy atom. The number of aliphatic hydroxyl groups is 1. The van der Waals surface area contributed by atoms with Crippen molar-refractivity contribution in [3.63, 3.8) is 0 Å². The van der Waals surface area contributed by atoms with Gasteiger partial charge in [0.2, 0.25) is 0 Å². The molecule has 4 aliphatic rings. The van der Waals surface area contributed by atoms with E-state index >= 15 is 0 Å². The van der Waals surface area contributed by atoms with Gasteiger partial charge in [-0.25, -0.2) is 0 Å². The monoisotopic (exact) mass is 446 g/mol. The van der Waals surface area contributed by atoms with E-state index in [1.54, 1.807) is 5.57 Å². The van der Waals surface area contributed by atoms with Gasteiger partial charge in [0.25, 0.3) is 0 Å². The third kappa shape index (κ3) is 5.34. The van der Waals surface area contributed by atoms with Gasteiger partial charge in [0, 0.05) is 0 Å². The van der Waals surface area contributed by atoms with Crippen LogP contribution >= 0.6 is 0 Å². The quantitative estimate of drug-likeness (QED) is 0.417. The molecule has 3 fully saturated rings. The Hall–Kier alpha value is -0.300. The van der Waals surface area contributed by atoms with Crippen LogP contribution in [0.25, 0.3) is 0 Å². The molecule has 1 N–H and O–H groups in total. The minimum atomic E-state index is -0.0752. The summed E-state index contributed by atoms with van der Waals surface area (Å²) < 4.78 is 0. The first-order valence-electron chi connectivity index (χ1n) is 14.6. The van der Waals surface area contributed by atoms with Crippen LogP contribution in [0.4, 0.5) is 0 Å². The Kier molecular flexibility index (Phi) is 10.4. The molecule has 1 heteroatoms. The van der Waals surface area contributed by atoms with Gasteiger partial charge in [-0.15, -0.1) is 0 Å². The van der Waals surface area contributed by atoms with Crippen molar-refractivity contribution >= 4 is 0 Å². The Bertz CT molecular complexity index is 591. The molecule has 0 bridgehead atoms. The first-order valence-corrected chi connectivity index (χ1v) is 14.6. The molecule has 1 nitrogen and oxygen atoms in total. The zero-order valence-electron chi connectivity index (χ0n) is 23.3. The number of rotatable bonds is 5. The maximum absolute atomic E-state index is 10.2. The van der Waals surface area contributed by atoms with Crippen molar-refractivity contribution < 1.29 is 5.11 Å². The largest absolute Gasteiger partial charge is 0.393 e. The van der Waals surface area contributed by atoms with E-state index in [0.29, 0.717) is 10.8 Å². The summed E-state index contributed by atoms with van der Waals surface area (Å²) in [6.07, 6.45) is 17.3. The number of hydrogen-bond acceptors (Lipinski definition) is 1. The van der Waals surface area contributed by atoms with Gasteiger partial charge in [0.1, 0.15) is 0 Å². The van der Waals surface area contributed by atoms with Crippen LogP contribution in [-0.4, -0.2) is 11.2 Å². The third-order valence-corrected chi connectivity index (χ3v) is 10.6. The van der Waals surface area contributed by atoms with Crippen LogP contribution in [0.15, 0.2) is 11.6 Å². The molecule has 0 saturated heterocycles. The fourth-order valence-corrected chi connectivity index (χ4v) is 8.24. The van der Waals surface area contributed by atoms with E-state index in [1.807, 2.05) is 27.7 Å². The molecule has 4 aliphatic carbocycles. The van der Waals surface area contributed by atoms with Crippen molar-refractivity contribution in [3.05, 3.63) is 11.6 Å². The van der Waals surface area contributed by atoms with Crippen LogP contribution in [0.5, 0.6) is 0 Å². The molecule has 0 aromatic heterocycles. The van der Waals surface area contributed by atoms with Gasteiger partial charge in [-0.3, -0.25) is 0 Å². The predicted molar refractivity (Wildman–Crippen MR) is 142 cm³/mol. The molecule has 8 unspecified atom stereocenters. The van der Waals surface area contributed by atoms with E-state index in [9.17, 15) is 5.11 Å². The molecule has 0 amide bonds. The van der Waals surface area contributed by atoms with E-state index in [-0.39, 0.29) is 6.10 Å². The molecule has 3 saturated carbocycles. The third-order valence-electron chi connectivity index (χ3n) is 10.6. The molecule has 0 aromatic carbocycles. The lowest BCUT2D eigenvalue weighted by atomic mass is 9.47. The average molecular weight is 447 g/mol. The molecule has 32 heavy (non-hydrogen) atoms. The first kappa shape index (κ1) is 27.9. The van der Waals surface area contributed by atoms with E-state index in [4.69, 9.17) is 0 Å². The van der Waals surface area contributed by atoms with Gasteiger partial charge in [-0.1, -0.05) is 86.8 Å². The van der Waals surface area contributed by atoms with Crippen LogP contribution in [0.2, 0.25) is 0 Å². The van der Waals surface area contributed by atoms with Crippen LogP contribution in [0, 0.1) is 46.3 Å². The summed E-state index contributed by atoms with van der Waals surface area (Å²) in [5, 5.41) is 10.2. The summed E-state index contributed by atoms with van der Waals surface area (Å²) in [4.78, 5) is 0. The highest BCUT2D eigenvalue weighted by Gasteiger charge is 2.58. The van der Waals surface area contributed by atoms with Crippen LogP contribution in [0.3, 0.4) is 0 Å². The number of allylic oxidation sites excluding steroid dienone is 1. The van der Waals surface area contributed by atoms with E-state index in [1.165, 1.54) is 57.8 Å². The summed E-state index contributed by atoms with van der Waals surface area (Å²) in [7, 11) is 0. The molecule has 0 aliphatic heterocycles. The highest BCUT2D eigenvalue weighted by molar-refractivity contribution is 5.25. The molecule has 0 aromatic rings. The molecular weight excluding hydrogens is 388 g/mol. The van der Waals surface area contributed by atoms with Crippen molar-refractivity contribution in [2.75, 3.05) is 0 Å². The Labute approximate surface area is 202 Å². The summed E-state index contributed by atoms with van der Waals surface area (Å²) in [5.41, 5.74) is 2.63. The van der Waals surface area contributed by atoms with Gasteiger partial charge in [0.05, 0.1) is 6.10 Å². The van der Waals surface area contributed by atoms with Gasteiger partial charge in [-0.2, -0.15) is 0 Å². The molecular formula is C31H58O. The minimum Gasteiger partial charge on any atom is -0.393 e. The van der Waals surface area contributed by atoms with Crippen molar-refractivity contribution in [2.24, 2.45) is 46.3 Å². The predicted octanol–water partition coefficient (Wildman–Crippen LogP) is 9.44. The standard InChI is InChI=1S/C27H46O.2C2H6/c1-18(2)19(3)7-6-8-20-10-12-24-23-11-9-21-17-22(28)13-15-27(21,5)25(23)14-16-26(20,24)4;2*1-2/h9,18-20,22-25,28H,6-8,10-17H2,1-5H3;2*1-2H3.